The number of hydrogen-bond acceptors (Lipinski definition) is 1. The van der Waals surface area contributed by atoms with Crippen molar-refractivity contribution in [2.24, 2.45) is 0 Å². The molecular weight excluding hydrogens is 335 g/mol. The standard InChI is InChI=1S/C20H32OSe/c1-18-12-14-20(15-13-18)22-17-19(2)11-9-7-5-3-4-6-8-10-16-21/h12-15,17,21H,3-11,16H2,1-2H3/b19-17+. The van der Waals surface area contributed by atoms with E-state index in [9.17, 15) is 0 Å². The van der Waals surface area contributed by atoms with E-state index in [1.165, 1.54) is 61.4 Å². The molecule has 1 nitrogen and oxygen atoms in total. The molecular formula is C20H32OSe. The molecule has 0 radical (unpaired) electrons. The molecule has 1 N–H and O–H groups in total. The summed E-state index contributed by atoms with van der Waals surface area (Å²) in [4.78, 5) is 2.45. The monoisotopic (exact) mass is 368 g/mol. The Kier molecular flexibility index (Phi) is 11.5. The van der Waals surface area contributed by atoms with E-state index in [1.54, 1.807) is 5.57 Å². The van der Waals surface area contributed by atoms with Crippen molar-refractivity contribution in [1.29, 1.82) is 0 Å². The van der Waals surface area contributed by atoms with Crippen LogP contribution in [0.2, 0.25) is 0 Å². The molecule has 22 heavy (non-hydrogen) atoms. The van der Waals surface area contributed by atoms with Crippen LogP contribution in [0, 0.1) is 6.92 Å². The average Bonchev–Trinajstić information content (AvgIpc) is 2.53. The maximum absolute atomic E-state index is 8.72. The molecule has 0 atom stereocenters. The second-order valence-electron chi connectivity index (χ2n) is 6.20. The Hall–Kier alpha value is -0.561. The van der Waals surface area contributed by atoms with E-state index in [2.05, 4.69) is 43.1 Å². The van der Waals surface area contributed by atoms with Crippen LogP contribution in [0.25, 0.3) is 0 Å². The number of allylic oxidation sites excluding steroid dienone is 1. The van der Waals surface area contributed by atoms with Crippen LogP contribution < -0.4 is 4.46 Å². The maximum atomic E-state index is 8.72. The van der Waals surface area contributed by atoms with Crippen molar-refractivity contribution < 1.29 is 5.11 Å². The molecule has 0 heterocycles. The summed E-state index contributed by atoms with van der Waals surface area (Å²) in [6.45, 7) is 4.78. The van der Waals surface area contributed by atoms with Crippen molar-refractivity contribution in [3.05, 3.63) is 40.4 Å². The molecule has 0 amide bonds. The molecule has 124 valence electrons. The summed E-state index contributed by atoms with van der Waals surface area (Å²) in [7, 11) is 0. The fourth-order valence-corrected chi connectivity index (χ4v) is 3.99. The Morgan fingerprint density at radius 1 is 0.909 bits per heavy atom. The van der Waals surface area contributed by atoms with Crippen LogP contribution in [-0.4, -0.2) is 26.7 Å². The number of aliphatic hydroxyl groups is 1. The molecule has 0 aliphatic carbocycles. The molecule has 0 bridgehead atoms. The number of aliphatic hydroxyl groups excluding tert-OH is 1. The molecule has 0 aliphatic rings. The molecule has 0 saturated carbocycles. The molecule has 0 unspecified atom stereocenters. The third-order valence-corrected chi connectivity index (χ3v) is 6.13. The summed E-state index contributed by atoms with van der Waals surface area (Å²) >= 11 is 0.491. The fourth-order valence-electron chi connectivity index (χ4n) is 2.42. The summed E-state index contributed by atoms with van der Waals surface area (Å²) in [5.74, 6) is 0. The third-order valence-electron chi connectivity index (χ3n) is 3.90. The van der Waals surface area contributed by atoms with Crippen molar-refractivity contribution in [3.8, 4) is 0 Å². The van der Waals surface area contributed by atoms with Gasteiger partial charge in [-0.15, -0.1) is 0 Å². The first-order valence-electron chi connectivity index (χ1n) is 8.72. The summed E-state index contributed by atoms with van der Waals surface area (Å²) < 4.78 is 1.47. The smallest absolute Gasteiger partial charge is 0.396 e. The van der Waals surface area contributed by atoms with Crippen molar-refractivity contribution >= 4 is 19.4 Å². The molecule has 2 heteroatoms. The zero-order chi connectivity index (χ0) is 16.0. The van der Waals surface area contributed by atoms with Crippen molar-refractivity contribution in [3.63, 3.8) is 0 Å². The second-order valence-corrected chi connectivity index (χ2v) is 8.18. The molecule has 0 aromatic heterocycles. The van der Waals surface area contributed by atoms with Gasteiger partial charge in [-0.25, -0.2) is 0 Å². The summed E-state index contributed by atoms with van der Waals surface area (Å²) in [6, 6.07) is 8.94. The number of unbranched alkanes of at least 4 members (excludes halogenated alkanes) is 7. The SMILES string of the molecule is C/C(=C\[Se]c1ccc(C)cc1)CCCCCCCCCCO. The second kappa shape index (κ2) is 12.9. The zero-order valence-electron chi connectivity index (χ0n) is 14.3. The van der Waals surface area contributed by atoms with Crippen LogP contribution >= 0.6 is 0 Å². The molecule has 0 saturated heterocycles. The summed E-state index contributed by atoms with van der Waals surface area (Å²) in [6.07, 6.45) is 11.5. The molecule has 0 aliphatic heterocycles. The topological polar surface area (TPSA) is 20.2 Å². The van der Waals surface area contributed by atoms with Gasteiger partial charge in [0.1, 0.15) is 0 Å². The normalized spacial score (nSPS) is 11.9. The van der Waals surface area contributed by atoms with Crippen LogP contribution in [-0.2, 0) is 0 Å². The van der Waals surface area contributed by atoms with Gasteiger partial charge < -0.3 is 5.11 Å². The predicted molar refractivity (Wildman–Crippen MR) is 99.0 cm³/mol. The number of rotatable bonds is 12. The Labute approximate surface area is 143 Å². The van der Waals surface area contributed by atoms with E-state index in [4.69, 9.17) is 5.11 Å². The van der Waals surface area contributed by atoms with Crippen LogP contribution in [0.1, 0.15) is 70.3 Å². The van der Waals surface area contributed by atoms with Gasteiger partial charge in [0.2, 0.25) is 0 Å². The quantitative estimate of drug-likeness (QED) is 0.418. The van der Waals surface area contributed by atoms with Crippen LogP contribution in [0.4, 0.5) is 0 Å². The molecule has 1 aromatic rings. The van der Waals surface area contributed by atoms with Gasteiger partial charge in [-0.3, -0.25) is 0 Å². The first-order valence-corrected chi connectivity index (χ1v) is 10.6. The van der Waals surface area contributed by atoms with Gasteiger partial charge in [-0.05, 0) is 0 Å². The Bertz CT molecular complexity index is 408. The minimum absolute atomic E-state index is 0.357. The molecule has 0 fully saturated rings. The van der Waals surface area contributed by atoms with Gasteiger partial charge in [0.05, 0.1) is 0 Å². The average molecular weight is 367 g/mol. The van der Waals surface area contributed by atoms with Crippen molar-refractivity contribution in [2.45, 2.75) is 71.6 Å². The fraction of sp³-hybridized carbons (Fsp3) is 0.600. The van der Waals surface area contributed by atoms with E-state index in [1.807, 2.05) is 0 Å². The summed E-state index contributed by atoms with van der Waals surface area (Å²) in [5.41, 5.74) is 2.90. The Balaban J connectivity index is 2.02. The number of hydrogen-bond donors (Lipinski definition) is 1. The minimum Gasteiger partial charge on any atom is -0.396 e. The Morgan fingerprint density at radius 2 is 1.45 bits per heavy atom. The van der Waals surface area contributed by atoms with Crippen molar-refractivity contribution in [2.75, 3.05) is 6.61 Å². The predicted octanol–water partition coefficient (Wildman–Crippen LogP) is 4.73. The van der Waals surface area contributed by atoms with E-state index in [-0.39, 0.29) is 0 Å². The van der Waals surface area contributed by atoms with E-state index >= 15 is 0 Å². The molecule has 1 aromatic carbocycles. The molecule has 0 spiro atoms. The number of benzene rings is 1. The minimum atomic E-state index is 0.357. The van der Waals surface area contributed by atoms with Gasteiger partial charge in [0, 0.05) is 0 Å². The van der Waals surface area contributed by atoms with Crippen LogP contribution in [0.3, 0.4) is 0 Å². The zero-order valence-corrected chi connectivity index (χ0v) is 16.0. The summed E-state index contributed by atoms with van der Waals surface area (Å²) in [5, 5.41) is 8.72. The third kappa shape index (κ3) is 10.2. The Morgan fingerprint density at radius 3 is 2.05 bits per heavy atom. The van der Waals surface area contributed by atoms with Gasteiger partial charge in [-0.1, -0.05) is 0 Å². The molecule has 1 rings (SSSR count). The first-order chi connectivity index (χ1) is 10.7. The van der Waals surface area contributed by atoms with E-state index < -0.39 is 0 Å². The van der Waals surface area contributed by atoms with Gasteiger partial charge in [0.25, 0.3) is 0 Å². The van der Waals surface area contributed by atoms with Crippen LogP contribution in [0.5, 0.6) is 0 Å². The van der Waals surface area contributed by atoms with E-state index in [0.29, 0.717) is 21.6 Å². The first kappa shape index (κ1) is 19.5. The van der Waals surface area contributed by atoms with Gasteiger partial charge >= 0.3 is 138 Å². The van der Waals surface area contributed by atoms with Gasteiger partial charge in [-0.2, -0.15) is 0 Å². The number of aryl methyl sites for hydroxylation is 1. The van der Waals surface area contributed by atoms with Crippen molar-refractivity contribution in [1.82, 2.24) is 0 Å². The van der Waals surface area contributed by atoms with Gasteiger partial charge in [0.15, 0.2) is 0 Å². The van der Waals surface area contributed by atoms with E-state index in [0.717, 1.165) is 6.42 Å². The van der Waals surface area contributed by atoms with Crippen LogP contribution in [0.15, 0.2) is 34.8 Å².